The fourth-order valence-electron chi connectivity index (χ4n) is 2.16. The van der Waals surface area contributed by atoms with Crippen molar-refractivity contribution in [1.29, 1.82) is 0 Å². The van der Waals surface area contributed by atoms with Gasteiger partial charge in [-0.05, 0) is 37.3 Å². The van der Waals surface area contributed by atoms with Gasteiger partial charge in [0.05, 0.1) is 17.9 Å². The number of amides is 2. The van der Waals surface area contributed by atoms with E-state index in [1.165, 1.54) is 12.1 Å². The van der Waals surface area contributed by atoms with Crippen molar-refractivity contribution in [1.82, 2.24) is 5.32 Å². The summed E-state index contributed by atoms with van der Waals surface area (Å²) in [6, 6.07) is 10.2. The van der Waals surface area contributed by atoms with Crippen molar-refractivity contribution in [3.8, 4) is 5.75 Å². The molecule has 148 valence electrons. The van der Waals surface area contributed by atoms with Crippen LogP contribution in [0.5, 0.6) is 5.75 Å². The molecule has 2 amide bonds. The molecule has 0 unspecified atom stereocenters. The molecule has 9 heteroatoms. The zero-order valence-corrected chi connectivity index (χ0v) is 15.7. The predicted molar refractivity (Wildman–Crippen MR) is 101 cm³/mol. The number of anilines is 1. The highest BCUT2D eigenvalue weighted by molar-refractivity contribution is 6.30. The maximum Gasteiger partial charge on any atom is 0.325 e. The zero-order chi connectivity index (χ0) is 20.5. The van der Waals surface area contributed by atoms with Gasteiger partial charge >= 0.3 is 5.97 Å². The molecule has 0 fully saturated rings. The van der Waals surface area contributed by atoms with Crippen LogP contribution in [0.3, 0.4) is 0 Å². The fraction of sp³-hybridized carbons (Fsp3) is 0.211. The van der Waals surface area contributed by atoms with E-state index in [4.69, 9.17) is 21.1 Å². The number of carbonyl (C=O) groups is 3. The fourth-order valence-corrected chi connectivity index (χ4v) is 2.33. The molecule has 0 radical (unpaired) electrons. The van der Waals surface area contributed by atoms with E-state index in [0.29, 0.717) is 12.4 Å². The number of nitrogens with one attached hydrogen (secondary N) is 2. The van der Waals surface area contributed by atoms with Crippen LogP contribution in [-0.2, 0) is 14.3 Å². The van der Waals surface area contributed by atoms with Crippen LogP contribution >= 0.6 is 11.6 Å². The third kappa shape index (κ3) is 6.24. The quantitative estimate of drug-likeness (QED) is 0.655. The molecule has 0 aliphatic carbocycles. The van der Waals surface area contributed by atoms with Gasteiger partial charge in [0.25, 0.3) is 11.8 Å². The summed E-state index contributed by atoms with van der Waals surface area (Å²) in [5.74, 6) is -2.39. The van der Waals surface area contributed by atoms with E-state index in [1.807, 2.05) is 0 Å². The molecule has 2 rings (SSSR count). The summed E-state index contributed by atoms with van der Waals surface area (Å²) in [6.07, 6.45) is 0. The minimum atomic E-state index is -0.830. The molecule has 0 saturated carbocycles. The average molecular weight is 409 g/mol. The highest BCUT2D eigenvalue weighted by Gasteiger charge is 2.15. The Balaban J connectivity index is 1.80. The van der Waals surface area contributed by atoms with Gasteiger partial charge in [-0.15, -0.1) is 0 Å². The number of ether oxygens (including phenoxy) is 2. The molecule has 0 saturated heterocycles. The van der Waals surface area contributed by atoms with E-state index in [-0.39, 0.29) is 16.3 Å². The van der Waals surface area contributed by atoms with Gasteiger partial charge in [0.2, 0.25) is 0 Å². The number of carbonyl (C=O) groups excluding carboxylic acids is 3. The van der Waals surface area contributed by atoms with Crippen LogP contribution < -0.4 is 15.4 Å². The van der Waals surface area contributed by atoms with Gasteiger partial charge in [-0.2, -0.15) is 0 Å². The van der Waals surface area contributed by atoms with E-state index in [1.54, 1.807) is 31.2 Å². The summed E-state index contributed by atoms with van der Waals surface area (Å²) in [4.78, 5) is 35.6. The van der Waals surface area contributed by atoms with E-state index < -0.39 is 36.8 Å². The average Bonchev–Trinajstić information content (AvgIpc) is 2.68. The molecular weight excluding hydrogens is 391 g/mol. The Morgan fingerprint density at radius 3 is 2.64 bits per heavy atom. The van der Waals surface area contributed by atoms with Gasteiger partial charge < -0.3 is 20.1 Å². The van der Waals surface area contributed by atoms with E-state index in [2.05, 4.69) is 10.6 Å². The van der Waals surface area contributed by atoms with Crippen LogP contribution in [0.25, 0.3) is 0 Å². The molecule has 0 aliphatic rings. The number of esters is 1. The van der Waals surface area contributed by atoms with Crippen molar-refractivity contribution in [2.24, 2.45) is 0 Å². The van der Waals surface area contributed by atoms with Gasteiger partial charge in [0.15, 0.2) is 6.61 Å². The largest absolute Gasteiger partial charge is 0.493 e. The first-order chi connectivity index (χ1) is 13.4. The van der Waals surface area contributed by atoms with Crippen LogP contribution in [-0.4, -0.2) is 37.5 Å². The summed E-state index contributed by atoms with van der Waals surface area (Å²) >= 11 is 5.73. The van der Waals surface area contributed by atoms with Crippen LogP contribution in [0, 0.1) is 5.82 Å². The molecule has 2 aromatic carbocycles. The number of hydrogen-bond donors (Lipinski definition) is 2. The first-order valence-corrected chi connectivity index (χ1v) is 8.69. The van der Waals surface area contributed by atoms with Crippen molar-refractivity contribution >= 4 is 35.1 Å². The summed E-state index contributed by atoms with van der Waals surface area (Å²) in [6.45, 7) is 1.08. The Morgan fingerprint density at radius 1 is 1.14 bits per heavy atom. The topological polar surface area (TPSA) is 93.7 Å². The molecule has 0 bridgehead atoms. The third-order valence-electron chi connectivity index (χ3n) is 3.39. The maximum absolute atomic E-state index is 13.5. The van der Waals surface area contributed by atoms with E-state index in [0.717, 1.165) is 6.07 Å². The molecule has 0 aliphatic heterocycles. The molecule has 7 nitrogen and oxygen atoms in total. The van der Waals surface area contributed by atoms with Crippen molar-refractivity contribution in [2.45, 2.75) is 6.92 Å². The first kappa shape index (κ1) is 21.2. The molecule has 0 heterocycles. The van der Waals surface area contributed by atoms with Crippen LogP contribution in [0.1, 0.15) is 17.3 Å². The van der Waals surface area contributed by atoms with E-state index >= 15 is 0 Å². The SMILES string of the molecule is CCOc1ccccc1C(=O)NCC(=O)OCC(=O)Nc1cc(Cl)ccc1F. The Labute approximate surface area is 165 Å². The molecule has 28 heavy (non-hydrogen) atoms. The van der Waals surface area contributed by atoms with Crippen LogP contribution in [0.4, 0.5) is 10.1 Å². The van der Waals surface area contributed by atoms with Gasteiger partial charge in [-0.1, -0.05) is 23.7 Å². The molecule has 2 aromatic rings. The second kappa shape index (κ2) is 10.3. The Morgan fingerprint density at radius 2 is 1.89 bits per heavy atom. The number of para-hydroxylation sites is 1. The summed E-state index contributed by atoms with van der Waals surface area (Å²) in [7, 11) is 0. The van der Waals surface area contributed by atoms with Crippen molar-refractivity contribution in [3.05, 3.63) is 58.9 Å². The summed E-state index contributed by atoms with van der Waals surface area (Å²) in [5.41, 5.74) is 0.140. The predicted octanol–water partition coefficient (Wildman–Crippen LogP) is 2.79. The molecular formula is C19H18ClFN2O5. The normalized spacial score (nSPS) is 10.1. The standard InChI is InChI=1S/C19H18ClFN2O5/c1-2-27-16-6-4-3-5-13(16)19(26)22-10-18(25)28-11-17(24)23-15-9-12(20)7-8-14(15)21/h3-9H,2,10-11H2,1H3,(H,22,26)(H,23,24). The lowest BCUT2D eigenvalue weighted by atomic mass is 10.2. The molecule has 2 N–H and O–H groups in total. The Bertz CT molecular complexity index is 875. The molecule has 0 atom stereocenters. The number of rotatable bonds is 8. The second-order valence-corrected chi connectivity index (χ2v) is 5.88. The lowest BCUT2D eigenvalue weighted by molar-refractivity contribution is -0.146. The first-order valence-electron chi connectivity index (χ1n) is 8.31. The van der Waals surface area contributed by atoms with Gasteiger partial charge in [-0.3, -0.25) is 14.4 Å². The smallest absolute Gasteiger partial charge is 0.325 e. The van der Waals surface area contributed by atoms with Crippen molar-refractivity contribution in [2.75, 3.05) is 25.1 Å². The van der Waals surface area contributed by atoms with Gasteiger partial charge in [0, 0.05) is 5.02 Å². The summed E-state index contributed by atoms with van der Waals surface area (Å²) < 4.78 is 23.7. The van der Waals surface area contributed by atoms with Gasteiger partial charge in [-0.25, -0.2) is 4.39 Å². The van der Waals surface area contributed by atoms with Gasteiger partial charge in [0.1, 0.15) is 18.1 Å². The minimum absolute atomic E-state index is 0.130. The molecule has 0 spiro atoms. The van der Waals surface area contributed by atoms with E-state index in [9.17, 15) is 18.8 Å². The number of benzene rings is 2. The lowest BCUT2D eigenvalue weighted by Crippen LogP contribution is -2.32. The second-order valence-electron chi connectivity index (χ2n) is 5.44. The third-order valence-corrected chi connectivity index (χ3v) is 3.63. The van der Waals surface area contributed by atoms with Crippen LogP contribution in [0.2, 0.25) is 5.02 Å². The minimum Gasteiger partial charge on any atom is -0.493 e. The lowest BCUT2D eigenvalue weighted by Gasteiger charge is -2.10. The zero-order valence-electron chi connectivity index (χ0n) is 15.0. The summed E-state index contributed by atoms with van der Waals surface area (Å²) in [5, 5.41) is 4.86. The maximum atomic E-state index is 13.5. The monoisotopic (exact) mass is 408 g/mol. The van der Waals surface area contributed by atoms with Crippen molar-refractivity contribution in [3.63, 3.8) is 0 Å². The number of halogens is 2. The Hall–Kier alpha value is -3.13. The Kier molecular flexibility index (Phi) is 7.76. The number of hydrogen-bond acceptors (Lipinski definition) is 5. The van der Waals surface area contributed by atoms with Crippen LogP contribution in [0.15, 0.2) is 42.5 Å². The highest BCUT2D eigenvalue weighted by Crippen LogP contribution is 2.19. The van der Waals surface area contributed by atoms with Crippen molar-refractivity contribution < 1.29 is 28.2 Å². The molecule has 0 aromatic heterocycles. The highest BCUT2D eigenvalue weighted by atomic mass is 35.5.